The molecule has 5 nitrogen and oxygen atoms in total. The molecule has 1 aromatic heterocycles. The fraction of sp³-hybridized carbons (Fsp3) is 0. The molecule has 0 atom stereocenters. The van der Waals surface area contributed by atoms with Crippen LogP contribution in [0.1, 0.15) is 10.4 Å². The second-order valence-corrected chi connectivity index (χ2v) is 5.23. The van der Waals surface area contributed by atoms with E-state index in [-0.39, 0.29) is 5.78 Å². The maximum absolute atomic E-state index is 12.0. The molecule has 3 rings (SSSR count). The SMILES string of the molecule is O=C(/C=C/Sc1nnnn1-c1ccccc1)c1ccccc1. The first-order valence-electron chi connectivity index (χ1n) is 6.61. The second kappa shape index (κ2) is 6.82. The number of aromatic nitrogens is 4. The Bertz CT molecular complexity index is 784. The minimum absolute atomic E-state index is 0.0492. The molecule has 0 unspecified atom stereocenters. The Kier molecular flexibility index (Phi) is 4.41. The van der Waals surface area contributed by atoms with Gasteiger partial charge in [-0.3, -0.25) is 4.79 Å². The van der Waals surface area contributed by atoms with Crippen LogP contribution >= 0.6 is 11.8 Å². The summed E-state index contributed by atoms with van der Waals surface area (Å²) in [6, 6.07) is 18.7. The van der Waals surface area contributed by atoms with Crippen LogP contribution in [-0.2, 0) is 0 Å². The summed E-state index contributed by atoms with van der Waals surface area (Å²) < 4.78 is 1.63. The third kappa shape index (κ3) is 3.29. The molecule has 0 radical (unpaired) electrons. The summed E-state index contributed by atoms with van der Waals surface area (Å²) in [5.74, 6) is -0.0492. The predicted molar refractivity (Wildman–Crippen MR) is 84.9 cm³/mol. The van der Waals surface area contributed by atoms with Gasteiger partial charge >= 0.3 is 0 Å². The van der Waals surface area contributed by atoms with Gasteiger partial charge < -0.3 is 0 Å². The number of carbonyl (C=O) groups is 1. The second-order valence-electron chi connectivity index (χ2n) is 4.36. The van der Waals surface area contributed by atoms with Gasteiger partial charge in [0.25, 0.3) is 0 Å². The number of hydrogen-bond donors (Lipinski definition) is 0. The average molecular weight is 308 g/mol. The van der Waals surface area contributed by atoms with E-state index < -0.39 is 0 Å². The highest BCUT2D eigenvalue weighted by molar-refractivity contribution is 8.02. The van der Waals surface area contributed by atoms with Gasteiger partial charge in [-0.15, -0.1) is 5.10 Å². The molecule has 108 valence electrons. The van der Waals surface area contributed by atoms with Gasteiger partial charge in [-0.25, -0.2) is 0 Å². The Morgan fingerprint density at radius 1 is 1.00 bits per heavy atom. The van der Waals surface area contributed by atoms with E-state index in [0.717, 1.165) is 5.69 Å². The highest BCUT2D eigenvalue weighted by atomic mass is 32.2. The maximum atomic E-state index is 12.0. The first-order chi connectivity index (χ1) is 10.8. The lowest BCUT2D eigenvalue weighted by atomic mass is 10.1. The van der Waals surface area contributed by atoms with Crippen LogP contribution in [0.5, 0.6) is 0 Å². The van der Waals surface area contributed by atoms with Crippen molar-refractivity contribution in [3.05, 3.63) is 77.7 Å². The van der Waals surface area contributed by atoms with E-state index in [1.165, 1.54) is 17.8 Å². The van der Waals surface area contributed by atoms with Crippen molar-refractivity contribution < 1.29 is 4.79 Å². The molecule has 22 heavy (non-hydrogen) atoms. The van der Waals surface area contributed by atoms with E-state index in [4.69, 9.17) is 0 Å². The van der Waals surface area contributed by atoms with Crippen LogP contribution in [0.4, 0.5) is 0 Å². The average Bonchev–Trinajstić information content (AvgIpc) is 3.05. The zero-order chi connectivity index (χ0) is 15.2. The Morgan fingerprint density at radius 2 is 1.68 bits per heavy atom. The molecule has 0 spiro atoms. The predicted octanol–water partition coefficient (Wildman–Crippen LogP) is 3.15. The monoisotopic (exact) mass is 308 g/mol. The van der Waals surface area contributed by atoms with Crippen molar-refractivity contribution in [3.63, 3.8) is 0 Å². The zero-order valence-electron chi connectivity index (χ0n) is 11.5. The molecular weight excluding hydrogens is 296 g/mol. The summed E-state index contributed by atoms with van der Waals surface area (Å²) in [7, 11) is 0. The summed E-state index contributed by atoms with van der Waals surface area (Å²) in [6.07, 6.45) is 1.52. The topological polar surface area (TPSA) is 60.7 Å². The van der Waals surface area contributed by atoms with Crippen LogP contribution in [-0.4, -0.2) is 26.0 Å². The molecule has 0 saturated carbocycles. The van der Waals surface area contributed by atoms with Crippen molar-refractivity contribution in [2.45, 2.75) is 5.16 Å². The molecule has 0 N–H and O–H groups in total. The lowest BCUT2D eigenvalue weighted by Gasteiger charge is -2.01. The summed E-state index contributed by atoms with van der Waals surface area (Å²) in [5.41, 5.74) is 1.53. The number of ketones is 1. The summed E-state index contributed by atoms with van der Waals surface area (Å²) >= 11 is 1.30. The first kappa shape index (κ1) is 14.2. The smallest absolute Gasteiger partial charge is 0.218 e. The van der Waals surface area contributed by atoms with Gasteiger partial charge in [-0.05, 0) is 34.0 Å². The Morgan fingerprint density at radius 3 is 2.41 bits per heavy atom. The van der Waals surface area contributed by atoms with Crippen molar-refractivity contribution in [1.82, 2.24) is 20.2 Å². The summed E-state index contributed by atoms with van der Waals surface area (Å²) in [5, 5.41) is 13.9. The largest absolute Gasteiger partial charge is 0.289 e. The molecule has 0 amide bonds. The summed E-state index contributed by atoms with van der Waals surface area (Å²) in [4.78, 5) is 12.0. The van der Waals surface area contributed by atoms with E-state index in [0.29, 0.717) is 10.7 Å². The minimum atomic E-state index is -0.0492. The lowest BCUT2D eigenvalue weighted by Crippen LogP contribution is -1.97. The number of benzene rings is 2. The Hall–Kier alpha value is -2.73. The van der Waals surface area contributed by atoms with Gasteiger partial charge in [0, 0.05) is 5.56 Å². The lowest BCUT2D eigenvalue weighted by molar-refractivity contribution is 0.104. The number of allylic oxidation sites excluding steroid dienone is 1. The third-order valence-corrected chi connectivity index (χ3v) is 3.63. The zero-order valence-corrected chi connectivity index (χ0v) is 12.4. The fourth-order valence-electron chi connectivity index (χ4n) is 1.84. The number of carbonyl (C=O) groups excluding carboxylic acids is 1. The van der Waals surface area contributed by atoms with Crippen LogP contribution in [0, 0.1) is 0 Å². The van der Waals surface area contributed by atoms with Gasteiger partial charge in [0.1, 0.15) is 0 Å². The standard InChI is InChI=1S/C16H12N4OS/c21-15(13-7-3-1-4-8-13)11-12-22-16-17-18-19-20(16)14-9-5-2-6-10-14/h1-12H/b12-11+. The van der Waals surface area contributed by atoms with E-state index in [1.54, 1.807) is 22.2 Å². The van der Waals surface area contributed by atoms with Crippen LogP contribution in [0.15, 0.2) is 77.3 Å². The summed E-state index contributed by atoms with van der Waals surface area (Å²) in [6.45, 7) is 0. The van der Waals surface area contributed by atoms with Gasteiger partial charge in [0.05, 0.1) is 5.69 Å². The Balaban J connectivity index is 1.72. The highest BCUT2D eigenvalue weighted by Gasteiger charge is 2.07. The first-order valence-corrected chi connectivity index (χ1v) is 7.49. The van der Waals surface area contributed by atoms with Gasteiger partial charge in [-0.1, -0.05) is 60.3 Å². The van der Waals surface area contributed by atoms with Crippen LogP contribution in [0.2, 0.25) is 0 Å². The van der Waals surface area contributed by atoms with Crippen LogP contribution in [0.25, 0.3) is 5.69 Å². The molecule has 0 bridgehead atoms. The van der Waals surface area contributed by atoms with E-state index in [1.807, 2.05) is 48.5 Å². The normalized spacial score (nSPS) is 10.9. The van der Waals surface area contributed by atoms with Gasteiger partial charge in [-0.2, -0.15) is 4.68 Å². The number of rotatable bonds is 5. The van der Waals surface area contributed by atoms with Crippen molar-refractivity contribution in [2.75, 3.05) is 0 Å². The molecule has 0 aliphatic rings. The maximum Gasteiger partial charge on any atom is 0.218 e. The molecule has 0 aliphatic carbocycles. The molecule has 3 aromatic rings. The number of nitrogens with zero attached hydrogens (tertiary/aromatic N) is 4. The van der Waals surface area contributed by atoms with Crippen molar-refractivity contribution in [3.8, 4) is 5.69 Å². The molecular formula is C16H12N4OS. The third-order valence-electron chi connectivity index (χ3n) is 2.89. The van der Waals surface area contributed by atoms with Crippen LogP contribution in [0.3, 0.4) is 0 Å². The van der Waals surface area contributed by atoms with Gasteiger partial charge in [0.15, 0.2) is 5.78 Å². The van der Waals surface area contributed by atoms with E-state index in [2.05, 4.69) is 15.5 Å². The van der Waals surface area contributed by atoms with E-state index in [9.17, 15) is 4.79 Å². The Labute approximate surface area is 131 Å². The van der Waals surface area contributed by atoms with Gasteiger partial charge in [0.2, 0.25) is 5.16 Å². The molecule has 2 aromatic carbocycles. The highest BCUT2D eigenvalue weighted by Crippen LogP contribution is 2.19. The molecule has 0 fully saturated rings. The molecule has 1 heterocycles. The number of tetrazole rings is 1. The number of hydrogen-bond acceptors (Lipinski definition) is 5. The number of para-hydroxylation sites is 1. The van der Waals surface area contributed by atoms with Crippen molar-refractivity contribution in [1.29, 1.82) is 0 Å². The van der Waals surface area contributed by atoms with Crippen LogP contribution < -0.4 is 0 Å². The van der Waals surface area contributed by atoms with Crippen molar-refractivity contribution in [2.24, 2.45) is 0 Å². The molecule has 6 heteroatoms. The number of thioether (sulfide) groups is 1. The quantitative estimate of drug-likeness (QED) is 0.411. The fourth-order valence-corrected chi connectivity index (χ4v) is 2.48. The van der Waals surface area contributed by atoms with E-state index >= 15 is 0 Å². The molecule has 0 aliphatic heterocycles. The van der Waals surface area contributed by atoms with Crippen molar-refractivity contribution >= 4 is 17.5 Å². The minimum Gasteiger partial charge on any atom is -0.289 e. The molecule has 0 saturated heterocycles.